The number of hydrogen-bond donors (Lipinski definition) is 0. The number of carbonyl (C=O) groups excluding carboxylic acids is 1. The second-order valence-electron chi connectivity index (χ2n) is 5.22. The van der Waals surface area contributed by atoms with E-state index in [0.29, 0.717) is 11.1 Å². The summed E-state index contributed by atoms with van der Waals surface area (Å²) in [7, 11) is 0. The third kappa shape index (κ3) is 2.09. The molecule has 1 aliphatic rings. The molecule has 0 bridgehead atoms. The Bertz CT molecular complexity index is 691. The lowest BCUT2D eigenvalue weighted by Gasteiger charge is -2.06. The number of rotatable bonds is 2. The van der Waals surface area contributed by atoms with E-state index < -0.39 is 5.82 Å². The summed E-state index contributed by atoms with van der Waals surface area (Å²) in [6.07, 6.45) is 0.915. The van der Waals surface area contributed by atoms with Gasteiger partial charge in [0.2, 0.25) is 0 Å². The molecule has 0 spiro atoms. The van der Waals surface area contributed by atoms with Crippen LogP contribution in [0.15, 0.2) is 36.4 Å². The third-order valence-electron chi connectivity index (χ3n) is 3.59. The molecule has 0 fully saturated rings. The van der Waals surface area contributed by atoms with Crippen molar-refractivity contribution in [1.82, 2.24) is 0 Å². The molecule has 2 nitrogen and oxygen atoms in total. The summed E-state index contributed by atoms with van der Waals surface area (Å²) in [4.78, 5) is 12.4. The predicted octanol–water partition coefficient (Wildman–Crippen LogP) is 3.69. The van der Waals surface area contributed by atoms with Gasteiger partial charge in [-0.15, -0.1) is 0 Å². The average Bonchev–Trinajstić information content (AvgIpc) is 2.80. The van der Waals surface area contributed by atoms with Crippen molar-refractivity contribution in [2.24, 2.45) is 0 Å². The first-order valence-electron chi connectivity index (χ1n) is 6.65. The van der Waals surface area contributed by atoms with Crippen molar-refractivity contribution in [3.8, 4) is 5.75 Å². The summed E-state index contributed by atoms with van der Waals surface area (Å²) in [5.74, 6) is 0.0925. The summed E-state index contributed by atoms with van der Waals surface area (Å²) in [6, 6.07) is 10.2. The van der Waals surface area contributed by atoms with Crippen LogP contribution in [0.4, 0.5) is 4.39 Å². The number of benzene rings is 2. The number of halogens is 1. The fraction of sp³-hybridized carbons (Fsp3) is 0.235. The Morgan fingerprint density at radius 1 is 1.30 bits per heavy atom. The molecule has 1 atom stereocenters. The van der Waals surface area contributed by atoms with Gasteiger partial charge in [0, 0.05) is 12.0 Å². The van der Waals surface area contributed by atoms with Gasteiger partial charge < -0.3 is 4.74 Å². The van der Waals surface area contributed by atoms with E-state index >= 15 is 0 Å². The normalized spacial score (nSPS) is 16.6. The number of ketones is 1. The van der Waals surface area contributed by atoms with Crippen LogP contribution in [0.1, 0.15) is 34.0 Å². The van der Waals surface area contributed by atoms with Gasteiger partial charge in [0.1, 0.15) is 17.7 Å². The van der Waals surface area contributed by atoms with E-state index in [1.165, 1.54) is 6.07 Å². The highest BCUT2D eigenvalue weighted by Crippen LogP contribution is 2.30. The van der Waals surface area contributed by atoms with E-state index in [1.807, 2.05) is 13.0 Å². The Labute approximate surface area is 117 Å². The van der Waals surface area contributed by atoms with Crippen molar-refractivity contribution in [2.75, 3.05) is 0 Å². The van der Waals surface area contributed by atoms with Crippen LogP contribution in [0.3, 0.4) is 0 Å². The fourth-order valence-corrected chi connectivity index (χ4v) is 2.54. The number of ether oxygens (including phenoxy) is 1. The standard InChI is InChI=1S/C17H15FO2/c1-10-4-3-5-14(16(10)18)17(19)12-6-7-15-13(9-12)8-11(2)20-15/h3-7,9,11H,8H2,1-2H3. The SMILES string of the molecule is Cc1cccc(C(=O)c2ccc3c(c2)CC(C)O3)c1F. The van der Waals surface area contributed by atoms with Crippen LogP contribution >= 0.6 is 0 Å². The molecule has 2 aromatic carbocycles. The molecule has 0 aromatic heterocycles. The van der Waals surface area contributed by atoms with E-state index in [1.54, 1.807) is 31.2 Å². The second-order valence-corrected chi connectivity index (χ2v) is 5.22. The maximum absolute atomic E-state index is 14.0. The second kappa shape index (κ2) is 4.75. The van der Waals surface area contributed by atoms with E-state index in [4.69, 9.17) is 4.74 Å². The molecule has 102 valence electrons. The lowest BCUT2D eigenvalue weighted by Crippen LogP contribution is -2.06. The predicted molar refractivity (Wildman–Crippen MR) is 74.8 cm³/mol. The van der Waals surface area contributed by atoms with Crippen LogP contribution in [0.5, 0.6) is 5.75 Å². The van der Waals surface area contributed by atoms with Crippen LogP contribution in [0.25, 0.3) is 0 Å². The molecule has 0 N–H and O–H groups in total. The first-order chi connectivity index (χ1) is 9.56. The van der Waals surface area contributed by atoms with Gasteiger partial charge in [0.25, 0.3) is 0 Å². The number of carbonyl (C=O) groups is 1. The summed E-state index contributed by atoms with van der Waals surface area (Å²) < 4.78 is 19.6. The van der Waals surface area contributed by atoms with Gasteiger partial charge in [-0.2, -0.15) is 0 Å². The third-order valence-corrected chi connectivity index (χ3v) is 3.59. The Kier molecular flexibility index (Phi) is 3.05. The molecular formula is C17H15FO2. The molecular weight excluding hydrogens is 255 g/mol. The van der Waals surface area contributed by atoms with E-state index in [-0.39, 0.29) is 17.5 Å². The Morgan fingerprint density at radius 2 is 2.10 bits per heavy atom. The van der Waals surface area contributed by atoms with Gasteiger partial charge in [-0.25, -0.2) is 4.39 Å². The van der Waals surface area contributed by atoms with Crippen LogP contribution in [-0.2, 0) is 6.42 Å². The quantitative estimate of drug-likeness (QED) is 0.778. The maximum Gasteiger partial charge on any atom is 0.195 e. The lowest BCUT2D eigenvalue weighted by atomic mass is 9.98. The van der Waals surface area contributed by atoms with Gasteiger partial charge in [0.05, 0.1) is 5.56 Å². The molecule has 20 heavy (non-hydrogen) atoms. The van der Waals surface area contributed by atoms with Gasteiger partial charge in [-0.1, -0.05) is 12.1 Å². The molecule has 0 saturated carbocycles. The molecule has 3 rings (SSSR count). The average molecular weight is 270 g/mol. The summed E-state index contributed by atoms with van der Waals surface area (Å²) in [5.41, 5.74) is 2.12. The van der Waals surface area contributed by atoms with Gasteiger partial charge in [0.15, 0.2) is 5.78 Å². The van der Waals surface area contributed by atoms with Crippen LogP contribution in [0.2, 0.25) is 0 Å². The van der Waals surface area contributed by atoms with E-state index in [9.17, 15) is 9.18 Å². The van der Waals surface area contributed by atoms with Crippen molar-refractivity contribution < 1.29 is 13.9 Å². The number of hydrogen-bond acceptors (Lipinski definition) is 2. The Morgan fingerprint density at radius 3 is 2.90 bits per heavy atom. The highest BCUT2D eigenvalue weighted by atomic mass is 19.1. The Hall–Kier alpha value is -2.16. The van der Waals surface area contributed by atoms with Gasteiger partial charge in [-0.05, 0) is 49.2 Å². The first kappa shape index (κ1) is 12.9. The fourth-order valence-electron chi connectivity index (χ4n) is 2.54. The highest BCUT2D eigenvalue weighted by molar-refractivity contribution is 6.09. The molecule has 1 aliphatic heterocycles. The molecule has 0 amide bonds. The zero-order valence-corrected chi connectivity index (χ0v) is 11.4. The van der Waals surface area contributed by atoms with Crippen LogP contribution < -0.4 is 4.74 Å². The van der Waals surface area contributed by atoms with Crippen molar-refractivity contribution in [2.45, 2.75) is 26.4 Å². The zero-order chi connectivity index (χ0) is 14.3. The Balaban J connectivity index is 2.00. The molecule has 0 radical (unpaired) electrons. The summed E-state index contributed by atoms with van der Waals surface area (Å²) >= 11 is 0. The number of fused-ring (bicyclic) bond motifs is 1. The zero-order valence-electron chi connectivity index (χ0n) is 11.4. The van der Waals surface area contributed by atoms with E-state index in [2.05, 4.69) is 0 Å². The smallest absolute Gasteiger partial charge is 0.195 e. The maximum atomic E-state index is 14.0. The first-order valence-corrected chi connectivity index (χ1v) is 6.65. The molecule has 1 heterocycles. The highest BCUT2D eigenvalue weighted by Gasteiger charge is 2.22. The molecule has 0 aliphatic carbocycles. The van der Waals surface area contributed by atoms with E-state index in [0.717, 1.165) is 17.7 Å². The largest absolute Gasteiger partial charge is 0.490 e. The molecule has 0 saturated heterocycles. The van der Waals surface area contributed by atoms with Crippen molar-refractivity contribution in [3.63, 3.8) is 0 Å². The van der Waals surface area contributed by atoms with Gasteiger partial charge >= 0.3 is 0 Å². The number of aryl methyl sites for hydroxylation is 1. The van der Waals surface area contributed by atoms with Crippen LogP contribution in [-0.4, -0.2) is 11.9 Å². The summed E-state index contributed by atoms with van der Waals surface area (Å²) in [6.45, 7) is 3.64. The molecule has 2 aromatic rings. The molecule has 1 unspecified atom stereocenters. The minimum atomic E-state index is -0.442. The topological polar surface area (TPSA) is 26.3 Å². The summed E-state index contributed by atoms with van der Waals surface area (Å²) in [5, 5.41) is 0. The van der Waals surface area contributed by atoms with Crippen molar-refractivity contribution in [1.29, 1.82) is 0 Å². The van der Waals surface area contributed by atoms with Gasteiger partial charge in [-0.3, -0.25) is 4.79 Å². The van der Waals surface area contributed by atoms with Crippen molar-refractivity contribution in [3.05, 3.63) is 64.5 Å². The minimum absolute atomic E-state index is 0.122. The van der Waals surface area contributed by atoms with Crippen LogP contribution in [0, 0.1) is 12.7 Å². The minimum Gasteiger partial charge on any atom is -0.490 e. The monoisotopic (exact) mass is 270 g/mol. The lowest BCUT2D eigenvalue weighted by molar-refractivity contribution is 0.103. The molecule has 3 heteroatoms. The van der Waals surface area contributed by atoms with Crippen molar-refractivity contribution >= 4 is 5.78 Å².